The summed E-state index contributed by atoms with van der Waals surface area (Å²) < 4.78 is -0.0696. The third kappa shape index (κ3) is 6.27. The van der Waals surface area contributed by atoms with Gasteiger partial charge in [0, 0.05) is 37.4 Å². The third-order valence-corrected chi connectivity index (χ3v) is 8.26. The fraction of sp³-hybridized carbons (Fsp3) is 0.824. The predicted molar refractivity (Wildman–Crippen MR) is 107 cm³/mol. The maximum absolute atomic E-state index is 12.7. The fourth-order valence-corrected chi connectivity index (χ4v) is 6.68. The van der Waals surface area contributed by atoms with E-state index in [1.54, 1.807) is 17.3 Å². The third-order valence-electron chi connectivity index (χ3n) is 4.84. The van der Waals surface area contributed by atoms with E-state index in [9.17, 15) is 14.4 Å². The molecule has 2 rings (SSSR count). The summed E-state index contributed by atoms with van der Waals surface area (Å²) >= 11 is 3.69. The van der Waals surface area contributed by atoms with Crippen LogP contribution in [0.4, 0.5) is 0 Å². The molecule has 0 saturated carbocycles. The Morgan fingerprint density at radius 2 is 1.89 bits per heavy atom. The van der Waals surface area contributed by atoms with E-state index < -0.39 is 12.1 Å². The van der Waals surface area contributed by atoms with Gasteiger partial charge in [-0.05, 0) is 19.8 Å². The zero-order chi connectivity index (χ0) is 19.9. The molecule has 3 amide bonds. The highest BCUT2D eigenvalue weighted by atomic mass is 32.2. The van der Waals surface area contributed by atoms with Gasteiger partial charge in [0.1, 0.15) is 6.04 Å². The van der Waals surface area contributed by atoms with Crippen LogP contribution in [-0.2, 0) is 14.4 Å². The van der Waals surface area contributed by atoms with Gasteiger partial charge in [-0.25, -0.2) is 5.48 Å². The highest BCUT2D eigenvalue weighted by molar-refractivity contribution is 8.21. The van der Waals surface area contributed by atoms with E-state index >= 15 is 0 Å². The van der Waals surface area contributed by atoms with Crippen molar-refractivity contribution >= 4 is 41.2 Å². The number of nitrogens with two attached hydrogens (primary N) is 1. The Kier molecular flexibility index (Phi) is 8.71. The molecule has 10 heteroatoms. The molecular weight excluding hydrogens is 388 g/mol. The summed E-state index contributed by atoms with van der Waals surface area (Å²) in [6.07, 6.45) is 4.24. The van der Waals surface area contributed by atoms with Crippen molar-refractivity contribution < 1.29 is 19.6 Å². The largest absolute Gasteiger partial charge is 0.354 e. The standard InChI is InChI=1S/C17H30N4O4S2/c1-12(18)16(24)21-11-17(26-8-9-27-17)10-13(21)15(23)19-7-5-3-2-4-6-14(22)20-25/h12-13,25H,2-11,18H2,1H3,(H,19,23)(H,20,22)/t12-,13-/m0/s1. The molecule has 5 N–H and O–H groups in total. The van der Waals surface area contributed by atoms with Crippen LogP contribution < -0.4 is 16.5 Å². The molecule has 0 bridgehead atoms. The first-order valence-electron chi connectivity index (χ1n) is 9.43. The number of hydrogen-bond donors (Lipinski definition) is 4. The molecule has 0 aromatic rings. The molecule has 2 aliphatic rings. The smallest absolute Gasteiger partial charge is 0.243 e. The monoisotopic (exact) mass is 418 g/mol. The molecule has 2 atom stereocenters. The summed E-state index contributed by atoms with van der Waals surface area (Å²) in [5, 5.41) is 11.4. The van der Waals surface area contributed by atoms with Crippen LogP contribution in [0.1, 0.15) is 45.4 Å². The summed E-state index contributed by atoms with van der Waals surface area (Å²) in [6, 6.07) is -1.06. The lowest BCUT2D eigenvalue weighted by atomic mass is 10.1. The molecule has 154 valence electrons. The van der Waals surface area contributed by atoms with E-state index in [2.05, 4.69) is 5.32 Å². The van der Waals surface area contributed by atoms with Crippen LogP contribution >= 0.6 is 23.5 Å². The van der Waals surface area contributed by atoms with Crippen LogP contribution in [0.25, 0.3) is 0 Å². The predicted octanol–water partition coefficient (Wildman–Crippen LogP) is 0.683. The molecule has 0 radical (unpaired) electrons. The summed E-state index contributed by atoms with van der Waals surface area (Å²) in [4.78, 5) is 37.8. The number of unbranched alkanes of at least 4 members (excludes halogenated alkanes) is 3. The second-order valence-corrected chi connectivity index (χ2v) is 10.3. The molecule has 0 aromatic heterocycles. The molecule has 0 aromatic carbocycles. The maximum atomic E-state index is 12.7. The topological polar surface area (TPSA) is 125 Å². The summed E-state index contributed by atoms with van der Waals surface area (Å²) in [6.45, 7) is 2.79. The molecule has 8 nitrogen and oxygen atoms in total. The van der Waals surface area contributed by atoms with Crippen molar-refractivity contribution in [1.29, 1.82) is 0 Å². The van der Waals surface area contributed by atoms with Crippen LogP contribution in [0.3, 0.4) is 0 Å². The van der Waals surface area contributed by atoms with Gasteiger partial charge >= 0.3 is 0 Å². The Labute approximate surface area is 168 Å². The Balaban J connectivity index is 1.77. The molecule has 2 heterocycles. The van der Waals surface area contributed by atoms with Gasteiger partial charge in [0.25, 0.3) is 0 Å². The highest BCUT2D eigenvalue weighted by Gasteiger charge is 2.51. The quantitative estimate of drug-likeness (QED) is 0.247. The first kappa shape index (κ1) is 22.3. The average Bonchev–Trinajstić information content (AvgIpc) is 3.27. The van der Waals surface area contributed by atoms with Gasteiger partial charge in [-0.3, -0.25) is 19.6 Å². The second kappa shape index (κ2) is 10.5. The molecule has 0 unspecified atom stereocenters. The summed E-state index contributed by atoms with van der Waals surface area (Å²) in [5.74, 6) is 1.46. The SMILES string of the molecule is C[C@H](N)C(=O)N1CC2(C[C@H]1C(=O)NCCCCCCC(=O)NO)SCCS2. The fourth-order valence-electron chi connectivity index (χ4n) is 3.42. The van der Waals surface area contributed by atoms with Gasteiger partial charge in [0.15, 0.2) is 0 Å². The van der Waals surface area contributed by atoms with Gasteiger partial charge in [-0.15, -0.1) is 23.5 Å². The molecule has 2 aliphatic heterocycles. The number of nitrogens with one attached hydrogen (secondary N) is 2. The van der Waals surface area contributed by atoms with Crippen molar-refractivity contribution in [3.8, 4) is 0 Å². The number of hydroxylamine groups is 1. The lowest BCUT2D eigenvalue weighted by Gasteiger charge is -2.25. The highest BCUT2D eigenvalue weighted by Crippen LogP contribution is 2.51. The van der Waals surface area contributed by atoms with E-state index in [-0.39, 0.29) is 21.8 Å². The average molecular weight is 419 g/mol. The van der Waals surface area contributed by atoms with Crippen molar-refractivity contribution in [1.82, 2.24) is 15.7 Å². The van der Waals surface area contributed by atoms with Gasteiger partial charge in [0.2, 0.25) is 17.7 Å². The van der Waals surface area contributed by atoms with Gasteiger partial charge in [0.05, 0.1) is 10.1 Å². The molecule has 2 fully saturated rings. The van der Waals surface area contributed by atoms with Crippen molar-refractivity contribution in [2.45, 2.75) is 61.6 Å². The minimum Gasteiger partial charge on any atom is -0.354 e. The first-order chi connectivity index (χ1) is 12.9. The van der Waals surface area contributed by atoms with E-state index in [1.807, 2.05) is 23.5 Å². The number of thioether (sulfide) groups is 2. The Bertz CT molecular complexity index is 541. The Morgan fingerprint density at radius 1 is 1.22 bits per heavy atom. The lowest BCUT2D eigenvalue weighted by Crippen LogP contribution is -2.50. The van der Waals surface area contributed by atoms with Crippen LogP contribution in [-0.4, -0.2) is 68.6 Å². The molecule has 1 spiro atoms. The van der Waals surface area contributed by atoms with Gasteiger partial charge in [-0.1, -0.05) is 12.8 Å². The Morgan fingerprint density at radius 3 is 2.52 bits per heavy atom. The van der Waals surface area contributed by atoms with Crippen molar-refractivity contribution in [3.63, 3.8) is 0 Å². The van der Waals surface area contributed by atoms with Crippen molar-refractivity contribution in [2.24, 2.45) is 5.73 Å². The number of carbonyl (C=O) groups is 3. The van der Waals surface area contributed by atoms with E-state index in [1.165, 1.54) is 0 Å². The van der Waals surface area contributed by atoms with Gasteiger partial charge in [-0.2, -0.15) is 0 Å². The number of likely N-dealkylation sites (tertiary alicyclic amines) is 1. The van der Waals surface area contributed by atoms with E-state index in [0.717, 1.165) is 30.8 Å². The number of amides is 3. The molecule has 0 aliphatic carbocycles. The lowest BCUT2D eigenvalue weighted by molar-refractivity contribution is -0.139. The number of rotatable bonds is 9. The summed E-state index contributed by atoms with van der Waals surface area (Å²) in [7, 11) is 0. The van der Waals surface area contributed by atoms with Crippen LogP contribution in [0.15, 0.2) is 0 Å². The minimum atomic E-state index is -0.608. The maximum Gasteiger partial charge on any atom is 0.243 e. The van der Waals surface area contributed by atoms with Crippen LogP contribution in [0.2, 0.25) is 0 Å². The van der Waals surface area contributed by atoms with Crippen LogP contribution in [0.5, 0.6) is 0 Å². The number of nitrogens with zero attached hydrogens (tertiary/aromatic N) is 1. The van der Waals surface area contributed by atoms with Gasteiger partial charge < -0.3 is 16.0 Å². The Hall–Kier alpha value is -0.970. The van der Waals surface area contributed by atoms with Crippen LogP contribution in [0, 0.1) is 0 Å². The van der Waals surface area contributed by atoms with E-state index in [0.29, 0.717) is 32.4 Å². The zero-order valence-corrected chi connectivity index (χ0v) is 17.4. The number of hydrogen-bond acceptors (Lipinski definition) is 7. The molecule has 27 heavy (non-hydrogen) atoms. The molecule has 2 saturated heterocycles. The van der Waals surface area contributed by atoms with E-state index in [4.69, 9.17) is 10.9 Å². The molecular formula is C17H30N4O4S2. The minimum absolute atomic E-state index is 0.0696. The van der Waals surface area contributed by atoms with Crippen molar-refractivity contribution in [3.05, 3.63) is 0 Å². The normalized spacial score (nSPS) is 22.0. The summed E-state index contributed by atoms with van der Waals surface area (Å²) in [5.41, 5.74) is 7.40. The zero-order valence-electron chi connectivity index (χ0n) is 15.7. The number of carbonyl (C=O) groups excluding carboxylic acids is 3. The van der Waals surface area contributed by atoms with Crippen molar-refractivity contribution in [2.75, 3.05) is 24.6 Å². The second-order valence-electron chi connectivity index (χ2n) is 7.07. The first-order valence-corrected chi connectivity index (χ1v) is 11.4.